The normalized spacial score (nSPS) is 14.9. The fraction of sp³-hybridized carbons (Fsp3) is 0.286. The van der Waals surface area contributed by atoms with E-state index in [1.54, 1.807) is 6.07 Å². The van der Waals surface area contributed by atoms with Crippen LogP contribution in [0, 0.1) is 6.92 Å². The maximum absolute atomic E-state index is 5.94. The van der Waals surface area contributed by atoms with Gasteiger partial charge in [0.05, 0.1) is 0 Å². The first-order chi connectivity index (χ1) is 8.22. The molecule has 3 rings (SSSR count). The van der Waals surface area contributed by atoms with Crippen LogP contribution in [-0.4, -0.2) is 9.97 Å². The van der Waals surface area contributed by atoms with E-state index in [1.807, 2.05) is 6.92 Å². The Labute approximate surface area is 106 Å². The molecule has 0 spiro atoms. The Morgan fingerprint density at radius 1 is 1.12 bits per heavy atom. The van der Waals surface area contributed by atoms with E-state index in [2.05, 4.69) is 34.2 Å². The highest BCUT2D eigenvalue weighted by molar-refractivity contribution is 6.29. The van der Waals surface area contributed by atoms with Crippen molar-refractivity contribution in [3.05, 3.63) is 46.7 Å². The molecule has 0 N–H and O–H groups in total. The van der Waals surface area contributed by atoms with Crippen molar-refractivity contribution in [3.63, 3.8) is 0 Å². The molecule has 1 heterocycles. The molecule has 0 atom stereocenters. The van der Waals surface area contributed by atoms with Crippen LogP contribution in [0.15, 0.2) is 30.3 Å². The molecule has 0 aliphatic heterocycles. The van der Waals surface area contributed by atoms with Gasteiger partial charge < -0.3 is 0 Å². The topological polar surface area (TPSA) is 25.8 Å². The maximum Gasteiger partial charge on any atom is 0.161 e. The van der Waals surface area contributed by atoms with Crippen molar-refractivity contribution in [1.29, 1.82) is 0 Å². The second-order valence-corrected chi connectivity index (χ2v) is 4.94. The van der Waals surface area contributed by atoms with Crippen LogP contribution in [0.1, 0.15) is 30.0 Å². The summed E-state index contributed by atoms with van der Waals surface area (Å²) in [7, 11) is 0. The number of aryl methyl sites for hydroxylation is 1. The number of halogens is 1. The standard InChI is InChI=1S/C14H13ClN2/c1-9-8-13(15)17-14(16-9)12-6-4-11(5-7-12)10-2-3-10/h4-8,10H,2-3H2,1H3. The van der Waals surface area contributed by atoms with Crippen LogP contribution in [0.5, 0.6) is 0 Å². The maximum atomic E-state index is 5.94. The molecule has 1 aromatic carbocycles. The molecule has 0 saturated heterocycles. The van der Waals surface area contributed by atoms with Crippen LogP contribution in [-0.2, 0) is 0 Å². The zero-order valence-electron chi connectivity index (χ0n) is 9.65. The van der Waals surface area contributed by atoms with Gasteiger partial charge in [0.15, 0.2) is 5.82 Å². The number of hydrogen-bond acceptors (Lipinski definition) is 2. The summed E-state index contributed by atoms with van der Waals surface area (Å²) < 4.78 is 0. The number of hydrogen-bond donors (Lipinski definition) is 0. The molecular formula is C14H13ClN2. The van der Waals surface area contributed by atoms with E-state index >= 15 is 0 Å². The molecule has 1 aromatic heterocycles. The highest BCUT2D eigenvalue weighted by Crippen LogP contribution is 2.40. The monoisotopic (exact) mass is 244 g/mol. The second-order valence-electron chi connectivity index (χ2n) is 4.55. The second kappa shape index (κ2) is 4.11. The summed E-state index contributed by atoms with van der Waals surface area (Å²) in [5.41, 5.74) is 3.35. The highest BCUT2D eigenvalue weighted by atomic mass is 35.5. The molecule has 1 saturated carbocycles. The number of rotatable bonds is 2. The van der Waals surface area contributed by atoms with Crippen LogP contribution in [0.3, 0.4) is 0 Å². The molecular weight excluding hydrogens is 232 g/mol. The molecule has 2 aromatic rings. The predicted molar refractivity (Wildman–Crippen MR) is 69.2 cm³/mol. The smallest absolute Gasteiger partial charge is 0.161 e. The van der Waals surface area contributed by atoms with Gasteiger partial charge in [-0.2, -0.15) is 0 Å². The van der Waals surface area contributed by atoms with Crippen LogP contribution in [0.2, 0.25) is 5.15 Å². The first-order valence-electron chi connectivity index (χ1n) is 5.84. The summed E-state index contributed by atoms with van der Waals surface area (Å²) in [5.74, 6) is 1.49. The van der Waals surface area contributed by atoms with E-state index in [4.69, 9.17) is 11.6 Å². The average Bonchev–Trinajstić information content (AvgIpc) is 3.12. The van der Waals surface area contributed by atoms with Gasteiger partial charge in [0.25, 0.3) is 0 Å². The average molecular weight is 245 g/mol. The summed E-state index contributed by atoms with van der Waals surface area (Å²) in [4.78, 5) is 8.65. The van der Waals surface area contributed by atoms with Gasteiger partial charge in [0.1, 0.15) is 5.15 Å². The van der Waals surface area contributed by atoms with E-state index in [1.165, 1.54) is 18.4 Å². The lowest BCUT2D eigenvalue weighted by Gasteiger charge is -2.03. The number of benzene rings is 1. The van der Waals surface area contributed by atoms with E-state index in [0.717, 1.165) is 17.2 Å². The summed E-state index contributed by atoms with van der Waals surface area (Å²) in [6.07, 6.45) is 2.65. The quantitative estimate of drug-likeness (QED) is 0.747. The molecule has 2 nitrogen and oxygen atoms in total. The third-order valence-electron chi connectivity index (χ3n) is 3.04. The van der Waals surface area contributed by atoms with Gasteiger partial charge in [0, 0.05) is 11.3 Å². The van der Waals surface area contributed by atoms with E-state index < -0.39 is 0 Å². The minimum Gasteiger partial charge on any atom is -0.233 e. The van der Waals surface area contributed by atoms with Crippen molar-refractivity contribution in [2.45, 2.75) is 25.7 Å². The van der Waals surface area contributed by atoms with Crippen molar-refractivity contribution >= 4 is 11.6 Å². The van der Waals surface area contributed by atoms with Crippen molar-refractivity contribution in [3.8, 4) is 11.4 Å². The molecule has 3 heteroatoms. The zero-order chi connectivity index (χ0) is 11.8. The van der Waals surface area contributed by atoms with Crippen LogP contribution in [0.25, 0.3) is 11.4 Å². The summed E-state index contributed by atoms with van der Waals surface area (Å²) in [6.45, 7) is 1.93. The Morgan fingerprint density at radius 2 is 1.82 bits per heavy atom. The Hall–Kier alpha value is -1.41. The van der Waals surface area contributed by atoms with Gasteiger partial charge in [0.2, 0.25) is 0 Å². The molecule has 1 fully saturated rings. The Bertz CT molecular complexity index is 524. The van der Waals surface area contributed by atoms with Crippen LogP contribution >= 0.6 is 11.6 Å². The molecule has 0 unspecified atom stereocenters. The fourth-order valence-electron chi connectivity index (χ4n) is 1.98. The molecule has 0 bridgehead atoms. The van der Waals surface area contributed by atoms with Crippen molar-refractivity contribution in [2.24, 2.45) is 0 Å². The van der Waals surface area contributed by atoms with Gasteiger partial charge in [-0.05, 0) is 37.3 Å². The van der Waals surface area contributed by atoms with Crippen molar-refractivity contribution in [2.75, 3.05) is 0 Å². The van der Waals surface area contributed by atoms with Gasteiger partial charge >= 0.3 is 0 Å². The summed E-state index contributed by atoms with van der Waals surface area (Å²) >= 11 is 5.94. The molecule has 1 aliphatic carbocycles. The predicted octanol–water partition coefficient (Wildman–Crippen LogP) is 3.98. The Kier molecular flexibility index (Phi) is 2.60. The highest BCUT2D eigenvalue weighted by Gasteiger charge is 2.23. The number of nitrogens with zero attached hydrogens (tertiary/aromatic N) is 2. The van der Waals surface area contributed by atoms with Gasteiger partial charge in [-0.3, -0.25) is 0 Å². The third-order valence-corrected chi connectivity index (χ3v) is 3.23. The van der Waals surface area contributed by atoms with Crippen LogP contribution in [0.4, 0.5) is 0 Å². The van der Waals surface area contributed by atoms with E-state index in [9.17, 15) is 0 Å². The SMILES string of the molecule is Cc1cc(Cl)nc(-c2ccc(C3CC3)cc2)n1. The first kappa shape index (κ1) is 10.7. The first-order valence-corrected chi connectivity index (χ1v) is 6.22. The van der Waals surface area contributed by atoms with Gasteiger partial charge in [-0.25, -0.2) is 9.97 Å². The van der Waals surface area contributed by atoms with Crippen molar-refractivity contribution in [1.82, 2.24) is 9.97 Å². The van der Waals surface area contributed by atoms with Gasteiger partial charge in [-0.15, -0.1) is 0 Å². The Morgan fingerprint density at radius 3 is 2.41 bits per heavy atom. The van der Waals surface area contributed by atoms with E-state index in [-0.39, 0.29) is 0 Å². The minimum absolute atomic E-state index is 0.499. The third kappa shape index (κ3) is 2.32. The summed E-state index contributed by atoms with van der Waals surface area (Å²) in [6, 6.07) is 10.3. The van der Waals surface area contributed by atoms with Crippen molar-refractivity contribution < 1.29 is 0 Å². The number of aromatic nitrogens is 2. The molecule has 0 amide bonds. The lowest BCUT2D eigenvalue weighted by atomic mass is 10.1. The zero-order valence-corrected chi connectivity index (χ0v) is 10.4. The van der Waals surface area contributed by atoms with E-state index in [0.29, 0.717) is 11.0 Å². The van der Waals surface area contributed by atoms with Crippen LogP contribution < -0.4 is 0 Å². The lowest BCUT2D eigenvalue weighted by Crippen LogP contribution is -1.92. The fourth-order valence-corrected chi connectivity index (χ4v) is 2.22. The molecule has 17 heavy (non-hydrogen) atoms. The minimum atomic E-state index is 0.499. The van der Waals surface area contributed by atoms with Gasteiger partial charge in [-0.1, -0.05) is 35.9 Å². The largest absolute Gasteiger partial charge is 0.233 e. The molecule has 1 aliphatic rings. The Balaban J connectivity index is 1.96. The lowest BCUT2D eigenvalue weighted by molar-refractivity contribution is 1.10. The molecule has 86 valence electrons. The summed E-state index contributed by atoms with van der Waals surface area (Å²) in [5, 5.41) is 0.499. The molecule has 0 radical (unpaired) electrons.